The molecule has 0 saturated carbocycles. The zero-order valence-electron chi connectivity index (χ0n) is 12.0. The minimum atomic E-state index is 0.0755. The smallest absolute Gasteiger partial charge is 0.225 e. The average Bonchev–Trinajstić information content (AvgIpc) is 2.95. The highest BCUT2D eigenvalue weighted by Crippen LogP contribution is 2.23. The Balaban J connectivity index is 1.75. The number of piperazine rings is 1. The van der Waals surface area contributed by atoms with Gasteiger partial charge in [-0.1, -0.05) is 13.8 Å². The van der Waals surface area contributed by atoms with E-state index in [4.69, 9.17) is 0 Å². The number of hydrogen-bond donors (Lipinski definition) is 1. The monoisotopic (exact) mass is 272 g/mol. The van der Waals surface area contributed by atoms with Crippen LogP contribution in [0.5, 0.6) is 0 Å². The Bertz CT molecular complexity index is 611. The first-order valence-electron chi connectivity index (χ1n) is 7.12. The quantitative estimate of drug-likeness (QED) is 0.908. The van der Waals surface area contributed by atoms with Crippen molar-refractivity contribution in [2.75, 3.05) is 31.1 Å². The predicted octanol–water partition coefficient (Wildman–Crippen LogP) is 1.87. The molecule has 1 fully saturated rings. The number of carbonyl (C=O) groups is 1. The van der Waals surface area contributed by atoms with E-state index in [2.05, 4.69) is 20.9 Å². The Morgan fingerprint density at radius 1 is 1.25 bits per heavy atom. The maximum Gasteiger partial charge on any atom is 0.225 e. The molecule has 1 aliphatic heterocycles. The molecule has 20 heavy (non-hydrogen) atoms. The van der Waals surface area contributed by atoms with Crippen molar-refractivity contribution in [3.63, 3.8) is 0 Å². The summed E-state index contributed by atoms with van der Waals surface area (Å²) in [6.45, 7) is 7.13. The Labute approximate surface area is 118 Å². The van der Waals surface area contributed by atoms with Crippen molar-refractivity contribution in [1.29, 1.82) is 0 Å². The molecule has 2 aromatic heterocycles. The lowest BCUT2D eigenvalue weighted by Crippen LogP contribution is -2.50. The van der Waals surface area contributed by atoms with Crippen LogP contribution in [0.1, 0.15) is 13.8 Å². The van der Waals surface area contributed by atoms with E-state index in [-0.39, 0.29) is 11.8 Å². The van der Waals surface area contributed by atoms with Crippen LogP contribution in [0.2, 0.25) is 0 Å². The summed E-state index contributed by atoms with van der Waals surface area (Å²) in [6.07, 6.45) is 3.78. The van der Waals surface area contributed by atoms with Crippen LogP contribution in [-0.4, -0.2) is 47.0 Å². The highest BCUT2D eigenvalue weighted by atomic mass is 16.2. The summed E-state index contributed by atoms with van der Waals surface area (Å²) >= 11 is 0. The van der Waals surface area contributed by atoms with E-state index in [0.29, 0.717) is 0 Å². The fourth-order valence-corrected chi connectivity index (χ4v) is 2.71. The third-order valence-electron chi connectivity index (χ3n) is 3.84. The van der Waals surface area contributed by atoms with Crippen LogP contribution in [0.25, 0.3) is 10.9 Å². The van der Waals surface area contributed by atoms with E-state index in [1.165, 1.54) is 5.39 Å². The van der Waals surface area contributed by atoms with Gasteiger partial charge < -0.3 is 14.8 Å². The van der Waals surface area contributed by atoms with Crippen molar-refractivity contribution in [1.82, 2.24) is 14.9 Å². The molecule has 0 aromatic carbocycles. The van der Waals surface area contributed by atoms with Crippen LogP contribution >= 0.6 is 0 Å². The molecule has 0 atom stereocenters. The van der Waals surface area contributed by atoms with E-state index >= 15 is 0 Å². The second kappa shape index (κ2) is 5.15. The van der Waals surface area contributed by atoms with Crippen LogP contribution in [0.15, 0.2) is 24.5 Å². The molecule has 3 heterocycles. The number of fused-ring (bicyclic) bond motifs is 1. The number of rotatable bonds is 2. The molecule has 0 radical (unpaired) electrons. The lowest BCUT2D eigenvalue weighted by molar-refractivity contribution is -0.134. The van der Waals surface area contributed by atoms with Crippen LogP contribution in [0.4, 0.5) is 5.82 Å². The van der Waals surface area contributed by atoms with Gasteiger partial charge in [-0.3, -0.25) is 4.79 Å². The summed E-state index contributed by atoms with van der Waals surface area (Å²) in [5.41, 5.74) is 1.08. The number of aromatic amines is 1. The van der Waals surface area contributed by atoms with Gasteiger partial charge in [0.15, 0.2) is 5.82 Å². The molecule has 0 bridgehead atoms. The zero-order chi connectivity index (χ0) is 14.1. The fourth-order valence-electron chi connectivity index (χ4n) is 2.71. The second-order valence-electron chi connectivity index (χ2n) is 5.54. The van der Waals surface area contributed by atoms with Crippen molar-refractivity contribution in [2.45, 2.75) is 13.8 Å². The minimum absolute atomic E-state index is 0.0755. The molecule has 1 amide bonds. The van der Waals surface area contributed by atoms with Crippen molar-refractivity contribution >= 4 is 22.6 Å². The number of amides is 1. The molecule has 106 valence electrons. The third kappa shape index (κ3) is 2.24. The van der Waals surface area contributed by atoms with Gasteiger partial charge in [0.2, 0.25) is 5.91 Å². The lowest BCUT2D eigenvalue weighted by Gasteiger charge is -2.36. The Morgan fingerprint density at radius 2 is 2.00 bits per heavy atom. The van der Waals surface area contributed by atoms with Gasteiger partial charge in [-0.2, -0.15) is 0 Å². The summed E-state index contributed by atoms with van der Waals surface area (Å²) in [6, 6.07) is 4.06. The highest BCUT2D eigenvalue weighted by molar-refractivity contribution is 5.89. The van der Waals surface area contributed by atoms with Gasteiger partial charge in [0.05, 0.1) is 5.52 Å². The van der Waals surface area contributed by atoms with E-state index in [1.54, 1.807) is 0 Å². The SMILES string of the molecule is CC(C)C(=O)N1CCN(c2nccc3cc[nH]c23)CC1. The molecule has 1 N–H and O–H groups in total. The van der Waals surface area contributed by atoms with Crippen LogP contribution in [0.3, 0.4) is 0 Å². The molecule has 0 aliphatic carbocycles. The van der Waals surface area contributed by atoms with Crippen molar-refractivity contribution < 1.29 is 4.79 Å². The summed E-state index contributed by atoms with van der Waals surface area (Å²) < 4.78 is 0. The molecule has 1 aliphatic rings. The fraction of sp³-hybridized carbons (Fsp3) is 0.467. The average molecular weight is 272 g/mol. The summed E-state index contributed by atoms with van der Waals surface area (Å²) in [5, 5.41) is 1.18. The van der Waals surface area contributed by atoms with Crippen molar-refractivity contribution in [3.05, 3.63) is 24.5 Å². The number of hydrogen-bond acceptors (Lipinski definition) is 3. The van der Waals surface area contributed by atoms with E-state index in [9.17, 15) is 4.79 Å². The molecule has 0 spiro atoms. The maximum atomic E-state index is 12.0. The number of aromatic nitrogens is 2. The van der Waals surface area contributed by atoms with Gasteiger partial charge in [-0.05, 0) is 12.1 Å². The van der Waals surface area contributed by atoms with Crippen molar-refractivity contribution in [2.24, 2.45) is 5.92 Å². The summed E-state index contributed by atoms with van der Waals surface area (Å²) in [7, 11) is 0. The number of carbonyl (C=O) groups excluding carboxylic acids is 1. The topological polar surface area (TPSA) is 52.2 Å². The molecule has 5 nitrogen and oxygen atoms in total. The predicted molar refractivity (Wildman–Crippen MR) is 79.7 cm³/mol. The molecule has 0 unspecified atom stereocenters. The van der Waals surface area contributed by atoms with E-state index in [0.717, 1.165) is 37.5 Å². The molecular formula is C15H20N4O. The lowest BCUT2D eigenvalue weighted by atomic mass is 10.1. The molecule has 3 rings (SSSR count). The van der Waals surface area contributed by atoms with Crippen LogP contribution in [0, 0.1) is 5.92 Å². The number of pyridine rings is 1. The van der Waals surface area contributed by atoms with Gasteiger partial charge in [0, 0.05) is 49.9 Å². The second-order valence-corrected chi connectivity index (χ2v) is 5.54. The summed E-state index contributed by atoms with van der Waals surface area (Å²) in [4.78, 5) is 24.0. The first-order valence-corrected chi connectivity index (χ1v) is 7.12. The first kappa shape index (κ1) is 13.0. The Morgan fingerprint density at radius 3 is 2.70 bits per heavy atom. The normalized spacial score (nSPS) is 16.1. The number of H-pyrrole nitrogens is 1. The van der Waals surface area contributed by atoms with Gasteiger partial charge in [0.1, 0.15) is 0 Å². The highest BCUT2D eigenvalue weighted by Gasteiger charge is 2.24. The number of nitrogens with zero attached hydrogens (tertiary/aromatic N) is 3. The van der Waals surface area contributed by atoms with E-state index in [1.807, 2.05) is 37.2 Å². The van der Waals surface area contributed by atoms with Crippen LogP contribution < -0.4 is 4.90 Å². The Hall–Kier alpha value is -2.04. The summed E-state index contributed by atoms with van der Waals surface area (Å²) in [5.74, 6) is 1.31. The Kier molecular flexibility index (Phi) is 3.34. The number of nitrogens with one attached hydrogen (secondary N) is 1. The number of anilines is 1. The van der Waals surface area contributed by atoms with Gasteiger partial charge in [-0.15, -0.1) is 0 Å². The van der Waals surface area contributed by atoms with Gasteiger partial charge in [-0.25, -0.2) is 4.98 Å². The maximum absolute atomic E-state index is 12.0. The largest absolute Gasteiger partial charge is 0.358 e. The van der Waals surface area contributed by atoms with Gasteiger partial charge in [0.25, 0.3) is 0 Å². The minimum Gasteiger partial charge on any atom is -0.358 e. The molecule has 2 aromatic rings. The first-order chi connectivity index (χ1) is 9.66. The van der Waals surface area contributed by atoms with E-state index < -0.39 is 0 Å². The van der Waals surface area contributed by atoms with Crippen LogP contribution in [-0.2, 0) is 4.79 Å². The molecular weight excluding hydrogens is 252 g/mol. The molecule has 1 saturated heterocycles. The van der Waals surface area contributed by atoms with Gasteiger partial charge >= 0.3 is 0 Å². The standard InChI is InChI=1S/C15H20N4O/c1-11(2)15(20)19-9-7-18(8-10-19)14-13-12(3-5-16-13)4-6-17-14/h3-6,11,16H,7-10H2,1-2H3. The third-order valence-corrected chi connectivity index (χ3v) is 3.84. The van der Waals surface area contributed by atoms with Crippen molar-refractivity contribution in [3.8, 4) is 0 Å². The zero-order valence-corrected chi connectivity index (χ0v) is 12.0. The molecule has 5 heteroatoms.